The lowest BCUT2D eigenvalue weighted by atomic mass is 10.1. The van der Waals surface area contributed by atoms with Crippen LogP contribution in [0.1, 0.15) is 18.4 Å². The minimum absolute atomic E-state index is 0.127. The molecule has 1 fully saturated rings. The predicted octanol–water partition coefficient (Wildman–Crippen LogP) is 3.59. The lowest BCUT2D eigenvalue weighted by Crippen LogP contribution is -2.39. The van der Waals surface area contributed by atoms with Crippen molar-refractivity contribution in [1.82, 2.24) is 20.3 Å². The van der Waals surface area contributed by atoms with Gasteiger partial charge in [-0.25, -0.2) is 0 Å². The number of alkyl halides is 3. The Hall–Kier alpha value is -3.17. The molecule has 1 aliphatic rings. The number of hydrogen-bond donors (Lipinski definition) is 0. The minimum Gasteiger partial charge on any atom is -0.490 e. The molecular weight excluding hydrogens is 375 g/mol. The van der Waals surface area contributed by atoms with Crippen molar-refractivity contribution < 1.29 is 22.4 Å². The number of para-hydroxylation sites is 1. The molecule has 0 amide bonds. The third-order valence-electron chi connectivity index (χ3n) is 4.49. The van der Waals surface area contributed by atoms with Gasteiger partial charge in [-0.1, -0.05) is 17.3 Å². The molecule has 0 spiro atoms. The summed E-state index contributed by atoms with van der Waals surface area (Å²) in [6, 6.07) is 8.84. The molecular formula is C18H16F3N5O2. The number of ether oxygens (including phenoxy) is 1. The maximum absolute atomic E-state index is 13.1. The van der Waals surface area contributed by atoms with E-state index in [0.717, 1.165) is 6.07 Å². The maximum atomic E-state index is 13.1. The van der Waals surface area contributed by atoms with Gasteiger partial charge < -0.3 is 14.2 Å². The summed E-state index contributed by atoms with van der Waals surface area (Å²) in [7, 11) is 0. The Morgan fingerprint density at radius 3 is 2.46 bits per heavy atom. The predicted molar refractivity (Wildman–Crippen MR) is 92.6 cm³/mol. The highest BCUT2D eigenvalue weighted by molar-refractivity contribution is 5.50. The highest BCUT2D eigenvalue weighted by Gasteiger charge is 2.35. The Labute approximate surface area is 158 Å². The summed E-state index contributed by atoms with van der Waals surface area (Å²) in [6.07, 6.45) is -2.34. The second-order valence-corrected chi connectivity index (χ2v) is 6.33. The molecule has 3 heterocycles. The van der Waals surface area contributed by atoms with E-state index in [1.807, 2.05) is 4.90 Å². The van der Waals surface area contributed by atoms with Crippen LogP contribution in [0, 0.1) is 0 Å². The van der Waals surface area contributed by atoms with Gasteiger partial charge in [-0.3, -0.25) is 0 Å². The topological polar surface area (TPSA) is 77.2 Å². The number of rotatable bonds is 4. The van der Waals surface area contributed by atoms with Crippen LogP contribution < -0.4 is 9.64 Å². The van der Waals surface area contributed by atoms with Crippen molar-refractivity contribution in [3.63, 3.8) is 0 Å². The van der Waals surface area contributed by atoms with Crippen molar-refractivity contribution in [3.05, 3.63) is 48.4 Å². The highest BCUT2D eigenvalue weighted by Crippen LogP contribution is 2.37. The molecule has 28 heavy (non-hydrogen) atoms. The first-order valence-corrected chi connectivity index (χ1v) is 8.69. The standard InChI is InChI=1S/C18H16F3N5O2/c19-18(20,21)13-3-1-2-4-15(13)28-12-7-9-26(10-8-12)16-6-5-14(23-24-16)17-22-11-27-25-17/h1-6,11-12H,7-10H2. The summed E-state index contributed by atoms with van der Waals surface area (Å²) in [5.41, 5.74) is -0.250. The third-order valence-corrected chi connectivity index (χ3v) is 4.49. The molecule has 7 nitrogen and oxygen atoms in total. The molecule has 146 valence electrons. The lowest BCUT2D eigenvalue weighted by molar-refractivity contribution is -0.139. The Balaban J connectivity index is 1.38. The summed E-state index contributed by atoms with van der Waals surface area (Å²) in [6.45, 7) is 1.21. The average molecular weight is 391 g/mol. The van der Waals surface area contributed by atoms with Crippen molar-refractivity contribution in [2.75, 3.05) is 18.0 Å². The van der Waals surface area contributed by atoms with Crippen LogP contribution in [0.2, 0.25) is 0 Å². The lowest BCUT2D eigenvalue weighted by Gasteiger charge is -2.33. The first kappa shape index (κ1) is 18.2. The van der Waals surface area contributed by atoms with E-state index in [4.69, 9.17) is 4.74 Å². The zero-order valence-electron chi connectivity index (χ0n) is 14.6. The number of aromatic nitrogens is 4. The van der Waals surface area contributed by atoms with Gasteiger partial charge in [-0.15, -0.1) is 10.2 Å². The monoisotopic (exact) mass is 391 g/mol. The third kappa shape index (κ3) is 3.90. The normalized spacial score (nSPS) is 15.6. The SMILES string of the molecule is FC(F)(F)c1ccccc1OC1CCN(c2ccc(-c3ncon3)nn2)CC1. The fourth-order valence-corrected chi connectivity index (χ4v) is 3.08. The zero-order valence-corrected chi connectivity index (χ0v) is 14.6. The number of anilines is 1. The van der Waals surface area contributed by atoms with E-state index in [2.05, 4.69) is 24.9 Å². The van der Waals surface area contributed by atoms with Crippen LogP contribution in [-0.2, 0) is 6.18 Å². The highest BCUT2D eigenvalue weighted by atomic mass is 19.4. The van der Waals surface area contributed by atoms with Gasteiger partial charge in [-0.05, 0) is 24.3 Å². The first-order chi connectivity index (χ1) is 13.5. The molecule has 1 aliphatic heterocycles. The molecule has 1 aromatic carbocycles. The summed E-state index contributed by atoms with van der Waals surface area (Å²) < 4.78 is 49.6. The van der Waals surface area contributed by atoms with Gasteiger partial charge in [0.25, 0.3) is 0 Å². The Kier molecular flexibility index (Phi) is 4.84. The zero-order chi connectivity index (χ0) is 19.6. The van der Waals surface area contributed by atoms with E-state index in [-0.39, 0.29) is 11.9 Å². The van der Waals surface area contributed by atoms with Crippen molar-refractivity contribution in [3.8, 4) is 17.3 Å². The van der Waals surface area contributed by atoms with Gasteiger partial charge in [0.05, 0.1) is 5.56 Å². The first-order valence-electron chi connectivity index (χ1n) is 8.69. The quantitative estimate of drug-likeness (QED) is 0.673. The summed E-state index contributed by atoms with van der Waals surface area (Å²) in [5, 5.41) is 12.0. The molecule has 0 radical (unpaired) electrons. The van der Waals surface area contributed by atoms with E-state index >= 15 is 0 Å². The molecule has 0 bridgehead atoms. The fourth-order valence-electron chi connectivity index (χ4n) is 3.08. The van der Waals surface area contributed by atoms with Crippen LogP contribution >= 0.6 is 0 Å². The van der Waals surface area contributed by atoms with Gasteiger partial charge in [0.1, 0.15) is 17.5 Å². The molecule has 1 saturated heterocycles. The van der Waals surface area contributed by atoms with Gasteiger partial charge in [0.15, 0.2) is 5.82 Å². The average Bonchev–Trinajstić information content (AvgIpc) is 3.23. The Morgan fingerprint density at radius 1 is 1.04 bits per heavy atom. The van der Waals surface area contributed by atoms with Gasteiger partial charge >= 0.3 is 6.18 Å². The summed E-state index contributed by atoms with van der Waals surface area (Å²) in [4.78, 5) is 5.93. The molecule has 0 N–H and O–H groups in total. The van der Waals surface area contributed by atoms with Gasteiger partial charge in [0, 0.05) is 25.9 Å². The van der Waals surface area contributed by atoms with E-state index in [0.29, 0.717) is 43.3 Å². The number of hydrogen-bond acceptors (Lipinski definition) is 7. The maximum Gasteiger partial charge on any atom is 0.419 e. The van der Waals surface area contributed by atoms with E-state index in [9.17, 15) is 13.2 Å². The van der Waals surface area contributed by atoms with E-state index in [1.165, 1.54) is 18.5 Å². The number of benzene rings is 1. The Bertz CT molecular complexity index is 908. The summed E-state index contributed by atoms with van der Waals surface area (Å²) in [5.74, 6) is 0.911. The minimum atomic E-state index is -4.44. The van der Waals surface area contributed by atoms with E-state index in [1.54, 1.807) is 18.2 Å². The second-order valence-electron chi connectivity index (χ2n) is 6.33. The number of piperidine rings is 1. The molecule has 0 saturated carbocycles. The molecule has 0 aliphatic carbocycles. The van der Waals surface area contributed by atoms with Crippen LogP contribution in [0.3, 0.4) is 0 Å². The molecule has 3 aromatic rings. The molecule has 4 rings (SSSR count). The Morgan fingerprint density at radius 2 is 1.82 bits per heavy atom. The number of nitrogens with zero attached hydrogens (tertiary/aromatic N) is 5. The van der Waals surface area contributed by atoms with Gasteiger partial charge in [-0.2, -0.15) is 18.2 Å². The molecule has 10 heteroatoms. The van der Waals surface area contributed by atoms with Crippen molar-refractivity contribution in [2.24, 2.45) is 0 Å². The van der Waals surface area contributed by atoms with Crippen LogP contribution in [0.15, 0.2) is 47.3 Å². The van der Waals surface area contributed by atoms with Crippen LogP contribution in [0.25, 0.3) is 11.5 Å². The van der Waals surface area contributed by atoms with Gasteiger partial charge in [0.2, 0.25) is 12.2 Å². The largest absolute Gasteiger partial charge is 0.490 e. The van der Waals surface area contributed by atoms with Crippen LogP contribution in [0.5, 0.6) is 5.75 Å². The summed E-state index contributed by atoms with van der Waals surface area (Å²) >= 11 is 0. The fraction of sp³-hybridized carbons (Fsp3) is 0.333. The van der Waals surface area contributed by atoms with Crippen LogP contribution in [0.4, 0.5) is 19.0 Å². The molecule has 0 unspecified atom stereocenters. The molecule has 0 atom stereocenters. The smallest absolute Gasteiger partial charge is 0.419 e. The number of halogens is 3. The van der Waals surface area contributed by atoms with Crippen molar-refractivity contribution >= 4 is 5.82 Å². The van der Waals surface area contributed by atoms with Crippen molar-refractivity contribution in [1.29, 1.82) is 0 Å². The molecule has 2 aromatic heterocycles. The second kappa shape index (κ2) is 7.45. The van der Waals surface area contributed by atoms with Crippen LogP contribution in [-0.4, -0.2) is 39.5 Å². The van der Waals surface area contributed by atoms with Crippen molar-refractivity contribution in [2.45, 2.75) is 25.1 Å². The van der Waals surface area contributed by atoms with E-state index < -0.39 is 11.7 Å².